The zero-order valence-electron chi connectivity index (χ0n) is 16.3. The zero-order valence-corrected chi connectivity index (χ0v) is 17.2. The Morgan fingerprint density at radius 1 is 1.07 bits per heavy atom. The normalized spacial score (nSPS) is 23.2. The van der Waals surface area contributed by atoms with Gasteiger partial charge in [-0.2, -0.15) is 0 Å². The van der Waals surface area contributed by atoms with Gasteiger partial charge in [-0.15, -0.1) is 0 Å². The summed E-state index contributed by atoms with van der Waals surface area (Å²) >= 11 is 0. The number of hydrogen-bond acceptors (Lipinski definition) is 3. The first-order chi connectivity index (χ1) is 13.8. The van der Waals surface area contributed by atoms with Crippen molar-refractivity contribution < 1.29 is 17.6 Å². The van der Waals surface area contributed by atoms with E-state index in [9.17, 15) is 17.6 Å². The number of hydrogen-bond donors (Lipinski definition) is 1. The lowest BCUT2D eigenvalue weighted by Gasteiger charge is -2.27. The third kappa shape index (κ3) is 4.15. The monoisotopic (exact) mass is 416 g/mol. The number of carbonyl (C=O) groups is 1. The minimum atomic E-state index is -3.97. The highest BCUT2D eigenvalue weighted by Gasteiger charge is 2.40. The van der Waals surface area contributed by atoms with Crippen LogP contribution in [0.5, 0.6) is 0 Å². The SMILES string of the molecule is Cc1ccc(S(=O)(=O)N(CC(=O)N[C@@H]2C[C@@H]3CC[C@H]2C3)c2ccc(F)cc2)cc1. The Balaban J connectivity index is 1.59. The summed E-state index contributed by atoms with van der Waals surface area (Å²) in [6, 6.07) is 11.7. The van der Waals surface area contributed by atoms with Gasteiger partial charge in [0.15, 0.2) is 0 Å². The van der Waals surface area contributed by atoms with Crippen molar-refractivity contribution in [3.8, 4) is 0 Å². The van der Waals surface area contributed by atoms with E-state index in [0.717, 1.165) is 29.1 Å². The lowest BCUT2D eigenvalue weighted by atomic mass is 9.95. The van der Waals surface area contributed by atoms with Crippen molar-refractivity contribution in [3.63, 3.8) is 0 Å². The molecule has 2 aliphatic carbocycles. The minimum Gasteiger partial charge on any atom is -0.352 e. The van der Waals surface area contributed by atoms with Crippen molar-refractivity contribution in [3.05, 3.63) is 59.9 Å². The molecule has 2 aliphatic rings. The molecule has 0 heterocycles. The van der Waals surface area contributed by atoms with Crippen molar-refractivity contribution in [2.75, 3.05) is 10.8 Å². The van der Waals surface area contributed by atoms with Crippen LogP contribution in [0.4, 0.5) is 10.1 Å². The van der Waals surface area contributed by atoms with Crippen LogP contribution < -0.4 is 9.62 Å². The maximum absolute atomic E-state index is 13.4. The molecule has 1 amide bonds. The van der Waals surface area contributed by atoms with E-state index in [-0.39, 0.29) is 29.1 Å². The van der Waals surface area contributed by atoms with Crippen LogP contribution in [0.25, 0.3) is 0 Å². The highest BCUT2D eigenvalue weighted by Crippen LogP contribution is 2.44. The smallest absolute Gasteiger partial charge is 0.264 e. The first kappa shape index (κ1) is 19.9. The lowest BCUT2D eigenvalue weighted by molar-refractivity contribution is -0.120. The number of nitrogens with zero attached hydrogens (tertiary/aromatic N) is 1. The van der Waals surface area contributed by atoms with Gasteiger partial charge in [0.2, 0.25) is 5.91 Å². The highest BCUT2D eigenvalue weighted by atomic mass is 32.2. The average molecular weight is 417 g/mol. The number of sulfonamides is 1. The Morgan fingerprint density at radius 2 is 1.76 bits per heavy atom. The Hall–Kier alpha value is -2.41. The molecule has 2 bridgehead atoms. The van der Waals surface area contributed by atoms with E-state index in [1.807, 2.05) is 6.92 Å². The molecule has 2 aromatic rings. The highest BCUT2D eigenvalue weighted by molar-refractivity contribution is 7.92. The molecule has 29 heavy (non-hydrogen) atoms. The van der Waals surface area contributed by atoms with Crippen molar-refractivity contribution in [2.24, 2.45) is 11.8 Å². The molecule has 154 valence electrons. The molecule has 5 nitrogen and oxygen atoms in total. The van der Waals surface area contributed by atoms with Crippen LogP contribution in [0.1, 0.15) is 31.2 Å². The number of halogens is 1. The molecule has 0 aliphatic heterocycles. The molecule has 0 radical (unpaired) electrons. The molecule has 0 saturated heterocycles. The predicted molar refractivity (Wildman–Crippen MR) is 109 cm³/mol. The minimum absolute atomic E-state index is 0.0974. The van der Waals surface area contributed by atoms with E-state index in [2.05, 4.69) is 5.32 Å². The largest absolute Gasteiger partial charge is 0.352 e. The van der Waals surface area contributed by atoms with Gasteiger partial charge in [0, 0.05) is 6.04 Å². The van der Waals surface area contributed by atoms with Crippen LogP contribution in [0, 0.1) is 24.6 Å². The molecule has 1 N–H and O–H groups in total. The molecular formula is C22H25FN2O3S. The van der Waals surface area contributed by atoms with Gasteiger partial charge in [-0.05, 0) is 74.4 Å². The Labute approximate surface area is 171 Å². The van der Waals surface area contributed by atoms with E-state index in [0.29, 0.717) is 11.8 Å². The first-order valence-corrected chi connectivity index (χ1v) is 11.4. The van der Waals surface area contributed by atoms with Gasteiger partial charge in [0.25, 0.3) is 10.0 Å². The fourth-order valence-corrected chi connectivity index (χ4v) is 5.99. The van der Waals surface area contributed by atoms with Crippen molar-refractivity contribution in [2.45, 2.75) is 43.5 Å². The summed E-state index contributed by atoms with van der Waals surface area (Å²) < 4.78 is 41.0. The summed E-state index contributed by atoms with van der Waals surface area (Å²) in [7, 11) is -3.97. The maximum atomic E-state index is 13.4. The second-order valence-corrected chi connectivity index (χ2v) is 10.0. The second-order valence-electron chi connectivity index (χ2n) is 8.15. The molecule has 3 atom stereocenters. The molecule has 0 unspecified atom stereocenters. The summed E-state index contributed by atoms with van der Waals surface area (Å²) in [6.07, 6.45) is 4.46. The van der Waals surface area contributed by atoms with Crippen LogP contribution >= 0.6 is 0 Å². The Bertz CT molecular complexity index is 990. The van der Waals surface area contributed by atoms with Crippen molar-refractivity contribution in [1.29, 1.82) is 0 Å². The van der Waals surface area contributed by atoms with E-state index in [1.165, 1.54) is 42.8 Å². The molecule has 7 heteroatoms. The summed E-state index contributed by atoms with van der Waals surface area (Å²) in [5, 5.41) is 3.04. The number of amides is 1. The van der Waals surface area contributed by atoms with Gasteiger partial charge in [-0.25, -0.2) is 12.8 Å². The van der Waals surface area contributed by atoms with Gasteiger partial charge >= 0.3 is 0 Å². The third-order valence-corrected chi connectivity index (χ3v) is 7.88. The Morgan fingerprint density at radius 3 is 2.34 bits per heavy atom. The topological polar surface area (TPSA) is 66.5 Å². The maximum Gasteiger partial charge on any atom is 0.264 e. The molecular weight excluding hydrogens is 391 g/mol. The second kappa shape index (κ2) is 7.78. The lowest BCUT2D eigenvalue weighted by Crippen LogP contribution is -2.46. The number of aryl methyl sites for hydroxylation is 1. The van der Waals surface area contributed by atoms with E-state index < -0.39 is 15.8 Å². The summed E-state index contributed by atoms with van der Waals surface area (Å²) in [5.41, 5.74) is 1.20. The van der Waals surface area contributed by atoms with Crippen LogP contribution in [0.15, 0.2) is 53.4 Å². The van der Waals surface area contributed by atoms with Gasteiger partial charge in [-0.3, -0.25) is 9.10 Å². The van der Waals surface area contributed by atoms with E-state index in [4.69, 9.17) is 0 Å². The van der Waals surface area contributed by atoms with Crippen LogP contribution in [0.3, 0.4) is 0 Å². The van der Waals surface area contributed by atoms with Gasteiger partial charge in [0.1, 0.15) is 12.4 Å². The summed E-state index contributed by atoms with van der Waals surface area (Å²) in [4.78, 5) is 12.9. The fraction of sp³-hybridized carbons (Fsp3) is 0.409. The average Bonchev–Trinajstić information content (AvgIpc) is 3.30. The molecule has 4 rings (SSSR count). The number of rotatable bonds is 6. The van der Waals surface area contributed by atoms with Crippen LogP contribution in [-0.4, -0.2) is 26.9 Å². The van der Waals surface area contributed by atoms with E-state index in [1.54, 1.807) is 12.1 Å². The van der Waals surface area contributed by atoms with Gasteiger partial charge in [0.05, 0.1) is 10.6 Å². The Kier molecular flexibility index (Phi) is 5.34. The molecule has 2 aromatic carbocycles. The van der Waals surface area contributed by atoms with Gasteiger partial charge < -0.3 is 5.32 Å². The summed E-state index contributed by atoms with van der Waals surface area (Å²) in [5.74, 6) is 0.377. The number of fused-ring (bicyclic) bond motifs is 2. The molecule has 2 saturated carbocycles. The molecule has 2 fully saturated rings. The predicted octanol–water partition coefficient (Wildman–Crippen LogP) is 3.63. The summed E-state index contributed by atoms with van der Waals surface area (Å²) in [6.45, 7) is 1.53. The van der Waals surface area contributed by atoms with Gasteiger partial charge in [-0.1, -0.05) is 24.1 Å². The molecule has 0 spiro atoms. The standard InChI is InChI=1S/C22H25FN2O3S/c1-15-2-10-20(11-3-15)29(27,28)25(19-8-6-18(23)7-9-19)14-22(26)24-21-13-16-4-5-17(21)12-16/h2-3,6-11,16-17,21H,4-5,12-14H2,1H3,(H,24,26)/t16-,17+,21-/m1/s1. The quantitative estimate of drug-likeness (QED) is 0.782. The van der Waals surface area contributed by atoms with Crippen LogP contribution in [0.2, 0.25) is 0 Å². The zero-order chi connectivity index (χ0) is 20.6. The number of carbonyl (C=O) groups excluding carboxylic acids is 1. The van der Waals surface area contributed by atoms with E-state index >= 15 is 0 Å². The van der Waals surface area contributed by atoms with Crippen LogP contribution in [-0.2, 0) is 14.8 Å². The number of nitrogens with one attached hydrogen (secondary N) is 1. The van der Waals surface area contributed by atoms with Crippen molar-refractivity contribution in [1.82, 2.24) is 5.32 Å². The fourth-order valence-electron chi connectivity index (χ4n) is 4.56. The third-order valence-electron chi connectivity index (χ3n) is 6.10. The molecule has 0 aromatic heterocycles. The first-order valence-electron chi connectivity index (χ1n) is 9.97. The number of benzene rings is 2. The van der Waals surface area contributed by atoms with Crippen molar-refractivity contribution >= 4 is 21.6 Å². The number of anilines is 1.